The van der Waals surface area contributed by atoms with E-state index in [0.717, 1.165) is 53.0 Å². The zero-order valence-electron chi connectivity index (χ0n) is 16.0. The molecule has 8 heteroatoms. The quantitative estimate of drug-likeness (QED) is 0.502. The lowest BCUT2D eigenvalue weighted by molar-refractivity contribution is -0.0187. The Bertz CT molecular complexity index is 908. The van der Waals surface area contributed by atoms with Crippen molar-refractivity contribution in [3.05, 3.63) is 70.7 Å². The number of benzene rings is 2. The summed E-state index contributed by atoms with van der Waals surface area (Å²) in [7, 11) is 0. The fourth-order valence-corrected chi connectivity index (χ4v) is 5.14. The summed E-state index contributed by atoms with van der Waals surface area (Å²) in [5.41, 5.74) is 2.40. The molecule has 2 aromatic carbocycles. The summed E-state index contributed by atoms with van der Waals surface area (Å²) >= 11 is 9.60. The molecule has 0 amide bonds. The van der Waals surface area contributed by atoms with E-state index >= 15 is 0 Å². The molecule has 1 atom stereocenters. The molecule has 1 N–H and O–H groups in total. The number of morpholine rings is 1. The van der Waals surface area contributed by atoms with E-state index in [1.54, 1.807) is 23.1 Å². The predicted molar refractivity (Wildman–Crippen MR) is 121 cm³/mol. The molecule has 29 heavy (non-hydrogen) atoms. The normalized spacial score (nSPS) is 17.3. The molecule has 2 heterocycles. The molecule has 3 aromatic rings. The second-order valence-electron chi connectivity index (χ2n) is 6.84. The van der Waals surface area contributed by atoms with Gasteiger partial charge in [-0.05, 0) is 17.2 Å². The number of aromatic nitrogens is 2. The monoisotopic (exact) mass is 446 g/mol. The molecular formula is C21H23ClN4OS2. The maximum absolute atomic E-state index is 6.31. The van der Waals surface area contributed by atoms with Crippen molar-refractivity contribution in [2.45, 2.75) is 23.5 Å². The van der Waals surface area contributed by atoms with Crippen molar-refractivity contribution in [3.63, 3.8) is 0 Å². The smallest absolute Gasteiger partial charge is 0.206 e. The summed E-state index contributed by atoms with van der Waals surface area (Å²) in [6.07, 6.45) is 0.181. The summed E-state index contributed by atoms with van der Waals surface area (Å²) in [5.74, 6) is 0.867. The fraction of sp³-hybridized carbons (Fsp3) is 0.333. The van der Waals surface area contributed by atoms with E-state index in [1.807, 2.05) is 36.4 Å². The Morgan fingerprint density at radius 2 is 1.97 bits per heavy atom. The van der Waals surface area contributed by atoms with Gasteiger partial charge in [0.25, 0.3) is 0 Å². The Hall–Kier alpha value is -1.64. The van der Waals surface area contributed by atoms with Gasteiger partial charge < -0.3 is 10.1 Å². The highest BCUT2D eigenvalue weighted by Gasteiger charge is 2.22. The first-order valence-corrected chi connectivity index (χ1v) is 11.8. The number of hydrogen-bond acceptors (Lipinski definition) is 7. The summed E-state index contributed by atoms with van der Waals surface area (Å²) in [6, 6.07) is 18.3. The molecule has 0 spiro atoms. The molecule has 1 aromatic heterocycles. The molecule has 0 aliphatic carbocycles. The molecule has 1 fully saturated rings. The van der Waals surface area contributed by atoms with Gasteiger partial charge >= 0.3 is 0 Å². The first-order chi connectivity index (χ1) is 14.3. The van der Waals surface area contributed by atoms with Gasteiger partial charge in [-0.15, -0.1) is 10.2 Å². The van der Waals surface area contributed by atoms with Crippen molar-refractivity contribution < 1.29 is 4.74 Å². The lowest BCUT2D eigenvalue weighted by Crippen LogP contribution is -2.43. The van der Waals surface area contributed by atoms with Crippen molar-refractivity contribution >= 4 is 39.8 Å². The number of nitrogens with zero attached hydrogens (tertiary/aromatic N) is 3. The molecule has 1 saturated heterocycles. The standard InChI is InChI=1S/C21H23ClN4OS2/c22-19-9-5-4-8-17(19)13-26-10-11-27-18(14-26)15-28-21-25-24-20(29-21)23-12-16-6-2-1-3-7-16/h1-9,18H,10-15H2,(H,23,24). The maximum atomic E-state index is 6.31. The topological polar surface area (TPSA) is 50.3 Å². The van der Waals surface area contributed by atoms with Gasteiger partial charge in [-0.2, -0.15) is 0 Å². The number of hydrogen-bond donors (Lipinski definition) is 1. The molecular weight excluding hydrogens is 424 g/mol. The van der Waals surface area contributed by atoms with Crippen LogP contribution in [0.5, 0.6) is 0 Å². The molecule has 4 rings (SSSR count). The van der Waals surface area contributed by atoms with Gasteiger partial charge in [0, 0.05) is 37.0 Å². The molecule has 1 aliphatic rings. The zero-order valence-corrected chi connectivity index (χ0v) is 18.3. The van der Waals surface area contributed by atoms with Crippen LogP contribution in [0.4, 0.5) is 5.13 Å². The van der Waals surface area contributed by atoms with Gasteiger partial charge in [0.2, 0.25) is 5.13 Å². The third-order valence-electron chi connectivity index (χ3n) is 4.66. The highest BCUT2D eigenvalue weighted by molar-refractivity contribution is 8.01. The van der Waals surface area contributed by atoms with Crippen LogP contribution in [0.15, 0.2) is 58.9 Å². The van der Waals surface area contributed by atoms with E-state index < -0.39 is 0 Å². The number of thioether (sulfide) groups is 1. The average molecular weight is 447 g/mol. The van der Waals surface area contributed by atoms with Crippen LogP contribution >= 0.6 is 34.7 Å². The molecule has 5 nitrogen and oxygen atoms in total. The Morgan fingerprint density at radius 1 is 1.14 bits per heavy atom. The van der Waals surface area contributed by atoms with Crippen LogP contribution in [0.2, 0.25) is 5.02 Å². The maximum Gasteiger partial charge on any atom is 0.206 e. The first-order valence-electron chi connectivity index (χ1n) is 9.58. The van der Waals surface area contributed by atoms with Crippen molar-refractivity contribution in [1.29, 1.82) is 0 Å². The van der Waals surface area contributed by atoms with Crippen LogP contribution in [-0.2, 0) is 17.8 Å². The lowest BCUT2D eigenvalue weighted by Gasteiger charge is -2.32. The SMILES string of the molecule is Clc1ccccc1CN1CCOC(CSc2nnc(NCc3ccccc3)s2)C1. The Kier molecular flexibility index (Phi) is 7.40. The van der Waals surface area contributed by atoms with E-state index in [9.17, 15) is 0 Å². The number of anilines is 1. The zero-order chi connectivity index (χ0) is 19.9. The molecule has 152 valence electrons. The van der Waals surface area contributed by atoms with E-state index in [4.69, 9.17) is 16.3 Å². The van der Waals surface area contributed by atoms with Crippen molar-refractivity contribution in [3.8, 4) is 0 Å². The van der Waals surface area contributed by atoms with E-state index in [-0.39, 0.29) is 6.10 Å². The summed E-state index contributed by atoms with van der Waals surface area (Å²) in [4.78, 5) is 2.41. The molecule has 0 saturated carbocycles. The van der Waals surface area contributed by atoms with E-state index in [0.29, 0.717) is 0 Å². The molecule has 1 aliphatic heterocycles. The third kappa shape index (κ3) is 6.17. The minimum atomic E-state index is 0.181. The summed E-state index contributed by atoms with van der Waals surface area (Å²) < 4.78 is 6.92. The van der Waals surface area contributed by atoms with Crippen molar-refractivity contribution in [2.24, 2.45) is 0 Å². The fourth-order valence-electron chi connectivity index (χ4n) is 3.17. The Labute approximate surface area is 184 Å². The summed E-state index contributed by atoms with van der Waals surface area (Å²) in [5, 5.41) is 13.6. The average Bonchev–Trinajstić information content (AvgIpc) is 3.21. The highest BCUT2D eigenvalue weighted by Crippen LogP contribution is 2.28. The van der Waals surface area contributed by atoms with Gasteiger partial charge in [0.05, 0.1) is 12.7 Å². The predicted octanol–water partition coefficient (Wildman–Crippen LogP) is 4.80. The number of halogens is 1. The van der Waals surface area contributed by atoms with Gasteiger partial charge in [-0.25, -0.2) is 0 Å². The van der Waals surface area contributed by atoms with Crippen molar-refractivity contribution in [1.82, 2.24) is 15.1 Å². The second-order valence-corrected chi connectivity index (χ2v) is 9.49. The van der Waals surface area contributed by atoms with Crippen LogP contribution in [0, 0.1) is 0 Å². The van der Waals surface area contributed by atoms with Crippen LogP contribution in [0.25, 0.3) is 0 Å². The first kappa shape index (κ1) is 20.6. The van der Waals surface area contributed by atoms with Gasteiger partial charge in [0.15, 0.2) is 4.34 Å². The second kappa shape index (κ2) is 10.4. The third-order valence-corrected chi connectivity index (χ3v) is 7.18. The van der Waals surface area contributed by atoms with Crippen molar-refractivity contribution in [2.75, 3.05) is 30.8 Å². The summed E-state index contributed by atoms with van der Waals surface area (Å²) in [6.45, 7) is 4.18. The molecule has 1 unspecified atom stereocenters. The van der Waals surface area contributed by atoms with Gasteiger partial charge in [-0.3, -0.25) is 4.90 Å². The van der Waals surface area contributed by atoms with Crippen LogP contribution in [-0.4, -0.2) is 46.7 Å². The van der Waals surface area contributed by atoms with Crippen LogP contribution < -0.4 is 5.32 Å². The van der Waals surface area contributed by atoms with Crippen LogP contribution in [0.1, 0.15) is 11.1 Å². The van der Waals surface area contributed by atoms with Gasteiger partial charge in [0.1, 0.15) is 0 Å². The minimum absolute atomic E-state index is 0.181. The number of rotatable bonds is 8. The molecule has 0 radical (unpaired) electrons. The minimum Gasteiger partial charge on any atom is -0.375 e. The Balaban J connectivity index is 1.24. The largest absolute Gasteiger partial charge is 0.375 e. The Morgan fingerprint density at radius 3 is 2.83 bits per heavy atom. The van der Waals surface area contributed by atoms with Crippen LogP contribution in [0.3, 0.4) is 0 Å². The van der Waals surface area contributed by atoms with E-state index in [2.05, 4.69) is 38.6 Å². The van der Waals surface area contributed by atoms with E-state index in [1.165, 1.54) is 11.1 Å². The lowest BCUT2D eigenvalue weighted by atomic mass is 10.2. The number of nitrogens with one attached hydrogen (secondary N) is 1. The number of ether oxygens (including phenoxy) is 1. The van der Waals surface area contributed by atoms with Gasteiger partial charge in [-0.1, -0.05) is 83.2 Å². The highest BCUT2D eigenvalue weighted by atomic mass is 35.5. The molecule has 0 bridgehead atoms.